The van der Waals surface area contributed by atoms with Gasteiger partial charge in [0.1, 0.15) is 5.54 Å². The first kappa shape index (κ1) is 14.8. The van der Waals surface area contributed by atoms with Gasteiger partial charge in [0, 0.05) is 25.7 Å². The quantitative estimate of drug-likeness (QED) is 0.769. The molecule has 0 radical (unpaired) electrons. The van der Waals surface area contributed by atoms with Gasteiger partial charge in [0.25, 0.3) is 0 Å². The Balaban J connectivity index is 1.84. The van der Waals surface area contributed by atoms with E-state index in [2.05, 4.69) is 4.90 Å². The van der Waals surface area contributed by atoms with Gasteiger partial charge in [-0.1, -0.05) is 0 Å². The second kappa shape index (κ2) is 6.20. The van der Waals surface area contributed by atoms with Gasteiger partial charge in [-0.15, -0.1) is 0 Å². The van der Waals surface area contributed by atoms with Crippen molar-refractivity contribution in [3.8, 4) is 0 Å². The van der Waals surface area contributed by atoms with E-state index in [9.17, 15) is 4.79 Å². The lowest BCUT2D eigenvalue weighted by Crippen LogP contribution is -2.49. The fourth-order valence-corrected chi connectivity index (χ4v) is 3.39. The average molecular weight is 270 g/mol. The molecule has 1 aliphatic heterocycles. The van der Waals surface area contributed by atoms with E-state index in [4.69, 9.17) is 15.2 Å². The predicted octanol–water partition coefficient (Wildman–Crippen LogP) is 0.910. The zero-order valence-electron chi connectivity index (χ0n) is 12.1. The summed E-state index contributed by atoms with van der Waals surface area (Å²) in [6.07, 6.45) is 5.02. The van der Waals surface area contributed by atoms with E-state index in [-0.39, 0.29) is 5.97 Å². The molecule has 1 heterocycles. The number of esters is 1. The van der Waals surface area contributed by atoms with Gasteiger partial charge in [0.05, 0.1) is 13.2 Å². The molecule has 2 aliphatic rings. The Kier molecular flexibility index (Phi) is 4.81. The molecule has 0 amide bonds. The molecule has 0 bridgehead atoms. The van der Waals surface area contributed by atoms with Crippen LogP contribution in [0.5, 0.6) is 0 Å². The summed E-state index contributed by atoms with van der Waals surface area (Å²) in [5, 5.41) is 0. The lowest BCUT2D eigenvalue weighted by atomic mass is 9.98. The summed E-state index contributed by atoms with van der Waals surface area (Å²) in [6, 6.07) is 0.423. The van der Waals surface area contributed by atoms with Gasteiger partial charge in [0.15, 0.2) is 0 Å². The molecule has 1 saturated carbocycles. The van der Waals surface area contributed by atoms with Crippen LogP contribution in [0.1, 0.15) is 39.0 Å². The van der Waals surface area contributed by atoms with Crippen molar-refractivity contribution in [2.45, 2.75) is 56.7 Å². The molecule has 2 rings (SSSR count). The molecule has 5 nitrogen and oxygen atoms in total. The van der Waals surface area contributed by atoms with Gasteiger partial charge in [-0.2, -0.15) is 0 Å². The van der Waals surface area contributed by atoms with Gasteiger partial charge in [-0.3, -0.25) is 4.79 Å². The lowest BCUT2D eigenvalue weighted by Gasteiger charge is -2.36. The van der Waals surface area contributed by atoms with Crippen molar-refractivity contribution in [2.75, 3.05) is 26.8 Å². The topological polar surface area (TPSA) is 64.8 Å². The second-order valence-corrected chi connectivity index (χ2v) is 5.74. The zero-order chi connectivity index (χ0) is 13.9. The van der Waals surface area contributed by atoms with Crippen LogP contribution in [0.25, 0.3) is 0 Å². The summed E-state index contributed by atoms with van der Waals surface area (Å²) in [4.78, 5) is 14.2. The van der Waals surface area contributed by atoms with Crippen LogP contribution in [0.15, 0.2) is 0 Å². The fourth-order valence-electron chi connectivity index (χ4n) is 3.39. The maximum atomic E-state index is 11.7. The van der Waals surface area contributed by atoms with E-state index < -0.39 is 5.54 Å². The van der Waals surface area contributed by atoms with Crippen LogP contribution >= 0.6 is 0 Å². The van der Waals surface area contributed by atoms with Crippen LogP contribution in [0.3, 0.4) is 0 Å². The molecular weight excluding hydrogens is 244 g/mol. The Bertz CT molecular complexity index is 316. The van der Waals surface area contributed by atoms with Crippen molar-refractivity contribution in [2.24, 2.45) is 5.73 Å². The van der Waals surface area contributed by atoms with Gasteiger partial charge >= 0.3 is 5.97 Å². The molecule has 0 aromatic heterocycles. The van der Waals surface area contributed by atoms with Gasteiger partial charge in [0.2, 0.25) is 0 Å². The smallest absolute Gasteiger partial charge is 0.325 e. The molecule has 0 spiro atoms. The van der Waals surface area contributed by atoms with Gasteiger partial charge < -0.3 is 20.1 Å². The van der Waals surface area contributed by atoms with E-state index in [1.165, 1.54) is 7.11 Å². The summed E-state index contributed by atoms with van der Waals surface area (Å²) >= 11 is 0. The highest BCUT2D eigenvalue weighted by Crippen LogP contribution is 2.33. The monoisotopic (exact) mass is 270 g/mol. The summed E-state index contributed by atoms with van der Waals surface area (Å²) in [6.45, 7) is 4.93. The maximum absolute atomic E-state index is 11.7. The Morgan fingerprint density at radius 2 is 2.05 bits per heavy atom. The zero-order valence-corrected chi connectivity index (χ0v) is 12.1. The molecule has 5 heteroatoms. The molecular formula is C14H26N2O3. The first-order valence-electron chi connectivity index (χ1n) is 7.32. The summed E-state index contributed by atoms with van der Waals surface area (Å²) in [7, 11) is 1.41. The molecule has 110 valence electrons. The number of likely N-dealkylation sites (tertiary alicyclic amines) is 1. The number of ether oxygens (including phenoxy) is 2. The maximum Gasteiger partial charge on any atom is 0.325 e. The van der Waals surface area contributed by atoms with Crippen LogP contribution in [-0.2, 0) is 14.3 Å². The Morgan fingerprint density at radius 3 is 2.63 bits per heavy atom. The van der Waals surface area contributed by atoms with Crippen molar-refractivity contribution in [3.63, 3.8) is 0 Å². The summed E-state index contributed by atoms with van der Waals surface area (Å²) < 4.78 is 10.5. The lowest BCUT2D eigenvalue weighted by molar-refractivity contribution is -0.147. The Morgan fingerprint density at radius 1 is 1.37 bits per heavy atom. The molecule has 2 unspecified atom stereocenters. The molecule has 2 atom stereocenters. The van der Waals surface area contributed by atoms with Crippen molar-refractivity contribution in [1.29, 1.82) is 0 Å². The number of hydrogen-bond acceptors (Lipinski definition) is 5. The third-order valence-corrected chi connectivity index (χ3v) is 4.51. The number of carbonyl (C=O) groups excluding carboxylic acids is 1. The molecule has 2 fully saturated rings. The number of rotatable bonds is 4. The Hall–Kier alpha value is -0.650. The highest BCUT2D eigenvalue weighted by atomic mass is 16.5. The van der Waals surface area contributed by atoms with Crippen LogP contribution in [0, 0.1) is 0 Å². The number of nitrogens with two attached hydrogens (primary N) is 1. The third kappa shape index (κ3) is 3.27. The van der Waals surface area contributed by atoms with Crippen LogP contribution in [0.2, 0.25) is 0 Å². The minimum atomic E-state index is -0.768. The number of methoxy groups -OCH3 is 1. The molecule has 0 aromatic carbocycles. The molecule has 1 aliphatic carbocycles. The van der Waals surface area contributed by atoms with E-state index in [0.717, 1.165) is 51.8 Å². The highest BCUT2D eigenvalue weighted by Gasteiger charge is 2.45. The minimum absolute atomic E-state index is 0.265. The van der Waals surface area contributed by atoms with Crippen molar-refractivity contribution in [1.82, 2.24) is 4.90 Å². The van der Waals surface area contributed by atoms with E-state index >= 15 is 0 Å². The van der Waals surface area contributed by atoms with Crippen molar-refractivity contribution in [3.05, 3.63) is 0 Å². The van der Waals surface area contributed by atoms with E-state index in [1.54, 1.807) is 0 Å². The fraction of sp³-hybridized carbons (Fsp3) is 0.929. The van der Waals surface area contributed by atoms with Crippen LogP contribution in [0.4, 0.5) is 0 Å². The third-order valence-electron chi connectivity index (χ3n) is 4.51. The Labute approximate surface area is 115 Å². The molecule has 1 saturated heterocycles. The van der Waals surface area contributed by atoms with Crippen LogP contribution in [-0.4, -0.2) is 55.4 Å². The van der Waals surface area contributed by atoms with E-state index in [1.807, 2.05) is 6.92 Å². The largest absolute Gasteiger partial charge is 0.468 e. The molecule has 0 aromatic rings. The average Bonchev–Trinajstić information content (AvgIpc) is 2.83. The molecule has 2 N–H and O–H groups in total. The number of carbonyl (C=O) groups is 1. The number of hydrogen-bond donors (Lipinski definition) is 1. The first-order valence-corrected chi connectivity index (χ1v) is 7.32. The van der Waals surface area contributed by atoms with E-state index in [0.29, 0.717) is 12.1 Å². The minimum Gasteiger partial charge on any atom is -0.468 e. The number of piperidine rings is 1. The number of nitrogens with zero attached hydrogens (tertiary/aromatic N) is 1. The highest BCUT2D eigenvalue weighted by molar-refractivity contribution is 5.81. The standard InChI is InChI=1S/C14H26N2O3/c1-3-19-12-5-8-16(9-6-12)11-4-7-14(15,10-11)13(17)18-2/h11-12H,3-10,15H2,1-2H3. The molecule has 19 heavy (non-hydrogen) atoms. The van der Waals surface area contributed by atoms with Gasteiger partial charge in [-0.25, -0.2) is 0 Å². The van der Waals surface area contributed by atoms with Gasteiger partial charge in [-0.05, 0) is 39.0 Å². The van der Waals surface area contributed by atoms with Crippen LogP contribution < -0.4 is 5.73 Å². The first-order chi connectivity index (χ1) is 9.09. The summed E-state index contributed by atoms with van der Waals surface area (Å²) in [5.41, 5.74) is 5.39. The SMILES string of the molecule is CCOC1CCN(C2CCC(N)(C(=O)OC)C2)CC1. The normalized spacial score (nSPS) is 33.5. The second-order valence-electron chi connectivity index (χ2n) is 5.74. The van der Waals surface area contributed by atoms with Crippen molar-refractivity contribution >= 4 is 5.97 Å². The van der Waals surface area contributed by atoms with Crippen molar-refractivity contribution < 1.29 is 14.3 Å². The summed E-state index contributed by atoms with van der Waals surface area (Å²) in [5.74, 6) is -0.265. The predicted molar refractivity (Wildman–Crippen MR) is 72.8 cm³/mol.